The van der Waals surface area contributed by atoms with Crippen molar-refractivity contribution < 1.29 is 24.2 Å². The van der Waals surface area contributed by atoms with Crippen molar-refractivity contribution in [2.24, 2.45) is 5.92 Å². The number of aliphatic carboxylic acids is 1. The monoisotopic (exact) mass is 398 g/mol. The smallest absolute Gasteiger partial charge is 0.341 e. The van der Waals surface area contributed by atoms with Gasteiger partial charge in [-0.3, -0.25) is 9.59 Å². The van der Waals surface area contributed by atoms with Crippen LogP contribution in [-0.2, 0) is 14.4 Å². The number of benzene rings is 2. The summed E-state index contributed by atoms with van der Waals surface area (Å²) in [6, 6.07) is 10.6. The van der Waals surface area contributed by atoms with Crippen molar-refractivity contribution in [3.8, 4) is 5.75 Å². The van der Waals surface area contributed by atoms with E-state index >= 15 is 0 Å². The molecule has 2 aromatic rings. The van der Waals surface area contributed by atoms with Crippen molar-refractivity contribution in [1.29, 1.82) is 0 Å². The van der Waals surface area contributed by atoms with Crippen molar-refractivity contribution in [2.45, 2.75) is 38.5 Å². The first-order valence-electron chi connectivity index (χ1n) is 9.96. The molecule has 0 heterocycles. The molecule has 3 rings (SSSR count). The summed E-state index contributed by atoms with van der Waals surface area (Å²) in [4.78, 5) is 35.2. The van der Waals surface area contributed by atoms with E-state index in [2.05, 4.69) is 10.6 Å². The van der Waals surface area contributed by atoms with Crippen LogP contribution >= 0.6 is 0 Å². The van der Waals surface area contributed by atoms with Gasteiger partial charge in [0.05, 0.1) is 6.54 Å². The lowest BCUT2D eigenvalue weighted by atomic mass is 9.87. The van der Waals surface area contributed by atoms with Crippen molar-refractivity contribution in [1.82, 2.24) is 5.32 Å². The zero-order valence-corrected chi connectivity index (χ0v) is 16.3. The Bertz CT molecular complexity index is 890. The van der Waals surface area contributed by atoms with Crippen LogP contribution in [0.15, 0.2) is 36.4 Å². The van der Waals surface area contributed by atoms with Crippen molar-refractivity contribution >= 4 is 34.2 Å². The Morgan fingerprint density at radius 3 is 2.41 bits per heavy atom. The number of carboxylic acids is 1. The molecule has 0 atom stereocenters. The molecule has 3 N–H and O–H groups in total. The van der Waals surface area contributed by atoms with Crippen LogP contribution in [-0.4, -0.2) is 36.0 Å². The maximum Gasteiger partial charge on any atom is 0.341 e. The summed E-state index contributed by atoms with van der Waals surface area (Å²) in [7, 11) is 0. The van der Waals surface area contributed by atoms with Crippen molar-refractivity contribution in [3.63, 3.8) is 0 Å². The molecule has 2 aromatic carbocycles. The molecule has 7 heteroatoms. The highest BCUT2D eigenvalue weighted by molar-refractivity contribution is 6.05. The number of anilines is 1. The van der Waals surface area contributed by atoms with Gasteiger partial charge in [-0.15, -0.1) is 0 Å². The number of carboxylic acid groups (broad SMARTS) is 1. The first kappa shape index (κ1) is 20.6. The predicted octanol–water partition coefficient (Wildman–Crippen LogP) is 3.33. The Balaban J connectivity index is 1.59. The molecule has 1 fully saturated rings. The topological polar surface area (TPSA) is 105 Å². The van der Waals surface area contributed by atoms with E-state index in [1.54, 1.807) is 18.2 Å². The minimum absolute atomic E-state index is 0.0862. The van der Waals surface area contributed by atoms with Gasteiger partial charge in [0.1, 0.15) is 5.75 Å². The lowest BCUT2D eigenvalue weighted by Gasteiger charge is -2.20. The number of nitrogens with one attached hydrogen (secondary N) is 2. The Hall–Kier alpha value is -3.09. The molecule has 7 nitrogen and oxygen atoms in total. The molecule has 0 aliphatic heterocycles. The van der Waals surface area contributed by atoms with Crippen molar-refractivity contribution in [2.75, 3.05) is 18.5 Å². The molecule has 0 spiro atoms. The maximum atomic E-state index is 12.3. The summed E-state index contributed by atoms with van der Waals surface area (Å²) in [6.07, 6.45) is 6.25. The molecule has 0 radical (unpaired) electrons. The average molecular weight is 398 g/mol. The average Bonchev–Trinajstić information content (AvgIpc) is 2.72. The second kappa shape index (κ2) is 9.91. The van der Waals surface area contributed by atoms with Crippen LogP contribution in [0.3, 0.4) is 0 Å². The SMILES string of the molecule is O=C(O)COc1ccc(NC(=O)CNC(=O)CC2CCCCC2)c2ccccc12. The summed E-state index contributed by atoms with van der Waals surface area (Å²) >= 11 is 0. The third kappa shape index (κ3) is 5.94. The summed E-state index contributed by atoms with van der Waals surface area (Å²) < 4.78 is 5.32. The quantitative estimate of drug-likeness (QED) is 0.633. The van der Waals surface area contributed by atoms with E-state index in [1.807, 2.05) is 18.2 Å². The Labute approximate surface area is 169 Å². The van der Waals surface area contributed by atoms with E-state index in [1.165, 1.54) is 19.3 Å². The first-order chi connectivity index (χ1) is 14.0. The van der Waals surface area contributed by atoms with Gasteiger partial charge in [-0.05, 0) is 30.9 Å². The van der Waals surface area contributed by atoms with E-state index in [0.29, 0.717) is 29.2 Å². The van der Waals surface area contributed by atoms with Gasteiger partial charge in [-0.25, -0.2) is 4.79 Å². The van der Waals surface area contributed by atoms with Gasteiger partial charge in [-0.2, -0.15) is 0 Å². The molecular weight excluding hydrogens is 372 g/mol. The fraction of sp³-hybridized carbons (Fsp3) is 0.409. The van der Waals surface area contributed by atoms with Gasteiger partial charge < -0.3 is 20.5 Å². The van der Waals surface area contributed by atoms with Gasteiger partial charge >= 0.3 is 5.97 Å². The van der Waals surface area contributed by atoms with Crippen LogP contribution in [0, 0.1) is 5.92 Å². The lowest BCUT2D eigenvalue weighted by molar-refractivity contribution is -0.139. The number of rotatable bonds is 8. The van der Waals surface area contributed by atoms with Crippen LogP contribution in [0.5, 0.6) is 5.75 Å². The van der Waals surface area contributed by atoms with Crippen molar-refractivity contribution in [3.05, 3.63) is 36.4 Å². The summed E-state index contributed by atoms with van der Waals surface area (Å²) in [5.74, 6) is -0.605. The molecule has 0 saturated heterocycles. The largest absolute Gasteiger partial charge is 0.481 e. The fourth-order valence-corrected chi connectivity index (χ4v) is 3.74. The van der Waals surface area contributed by atoms with E-state index in [4.69, 9.17) is 9.84 Å². The Morgan fingerprint density at radius 1 is 0.966 bits per heavy atom. The van der Waals surface area contributed by atoms with Crippen LogP contribution in [0.1, 0.15) is 38.5 Å². The Morgan fingerprint density at radius 2 is 1.69 bits per heavy atom. The van der Waals surface area contributed by atoms with Gasteiger partial charge in [0.25, 0.3) is 0 Å². The zero-order valence-electron chi connectivity index (χ0n) is 16.3. The standard InChI is InChI=1S/C22H26N2O5/c25-20(12-15-6-2-1-3-7-15)23-13-21(26)24-18-10-11-19(29-14-22(27)28)17-9-5-4-8-16(17)18/h4-5,8-11,15H,1-3,6-7,12-14H2,(H,23,25)(H,24,26)(H,27,28). The molecule has 1 aliphatic carbocycles. The second-order valence-corrected chi connectivity index (χ2v) is 7.37. The lowest BCUT2D eigenvalue weighted by Crippen LogP contribution is -2.34. The number of fused-ring (bicyclic) bond motifs is 1. The van der Waals surface area contributed by atoms with E-state index in [-0.39, 0.29) is 18.4 Å². The molecule has 1 saturated carbocycles. The highest BCUT2D eigenvalue weighted by Crippen LogP contribution is 2.31. The zero-order chi connectivity index (χ0) is 20.6. The number of carbonyl (C=O) groups is 3. The molecule has 29 heavy (non-hydrogen) atoms. The number of amides is 2. The summed E-state index contributed by atoms with van der Waals surface area (Å²) in [5.41, 5.74) is 0.579. The second-order valence-electron chi connectivity index (χ2n) is 7.37. The van der Waals surface area contributed by atoms with Gasteiger partial charge in [0.2, 0.25) is 11.8 Å². The molecule has 0 unspecified atom stereocenters. The van der Waals surface area contributed by atoms with Gasteiger partial charge in [0.15, 0.2) is 6.61 Å². The van der Waals surface area contributed by atoms with Gasteiger partial charge in [-0.1, -0.05) is 43.5 Å². The Kier molecular flexibility index (Phi) is 7.05. The minimum atomic E-state index is -1.06. The van der Waals surface area contributed by atoms with E-state index in [9.17, 15) is 14.4 Å². The third-order valence-corrected chi connectivity index (χ3v) is 5.15. The summed E-state index contributed by atoms with van der Waals surface area (Å²) in [5, 5.41) is 15.8. The molecule has 0 aromatic heterocycles. The molecule has 0 bridgehead atoms. The first-order valence-corrected chi connectivity index (χ1v) is 9.96. The fourth-order valence-electron chi connectivity index (χ4n) is 3.74. The summed E-state index contributed by atoms with van der Waals surface area (Å²) in [6.45, 7) is -0.528. The predicted molar refractivity (Wildman–Crippen MR) is 110 cm³/mol. The number of hydrogen-bond acceptors (Lipinski definition) is 4. The number of carbonyl (C=O) groups excluding carboxylic acids is 2. The molecular formula is C22H26N2O5. The molecule has 1 aliphatic rings. The van der Waals surface area contributed by atoms with Crippen LogP contribution in [0.4, 0.5) is 5.69 Å². The molecule has 2 amide bonds. The highest BCUT2D eigenvalue weighted by atomic mass is 16.5. The van der Waals surface area contributed by atoms with E-state index < -0.39 is 12.6 Å². The van der Waals surface area contributed by atoms with Crippen LogP contribution in [0.25, 0.3) is 10.8 Å². The minimum Gasteiger partial charge on any atom is -0.481 e. The number of ether oxygens (including phenoxy) is 1. The third-order valence-electron chi connectivity index (χ3n) is 5.15. The van der Waals surface area contributed by atoms with Crippen LogP contribution < -0.4 is 15.4 Å². The highest BCUT2D eigenvalue weighted by Gasteiger charge is 2.17. The van der Waals surface area contributed by atoms with Crippen LogP contribution in [0.2, 0.25) is 0 Å². The number of hydrogen-bond donors (Lipinski definition) is 3. The normalized spacial score (nSPS) is 14.3. The van der Waals surface area contributed by atoms with Gasteiger partial charge in [0, 0.05) is 22.9 Å². The maximum absolute atomic E-state index is 12.3. The van der Waals surface area contributed by atoms with E-state index in [0.717, 1.165) is 18.2 Å². The molecule has 154 valence electrons.